The Morgan fingerprint density at radius 3 is 2.88 bits per heavy atom. The van der Waals surface area contributed by atoms with Gasteiger partial charge in [0.05, 0.1) is 17.0 Å². The Bertz CT molecular complexity index is 1030. The van der Waals surface area contributed by atoms with Crippen molar-refractivity contribution in [3.8, 4) is 0 Å². The minimum atomic E-state index is -0.413. The van der Waals surface area contributed by atoms with Gasteiger partial charge in [0.2, 0.25) is 5.91 Å². The zero-order chi connectivity index (χ0) is 24.3. The number of carbonyl (C=O) groups excluding carboxylic acids is 1. The van der Waals surface area contributed by atoms with Crippen LogP contribution in [-0.2, 0) is 11.2 Å². The number of hydrazone groups is 1. The van der Waals surface area contributed by atoms with Gasteiger partial charge in [-0.2, -0.15) is 5.10 Å². The number of aromatic amines is 1. The van der Waals surface area contributed by atoms with Gasteiger partial charge in [-0.15, -0.1) is 0 Å². The van der Waals surface area contributed by atoms with E-state index in [1.54, 1.807) is 24.7 Å². The summed E-state index contributed by atoms with van der Waals surface area (Å²) in [6.07, 6.45) is 7.15. The normalized spacial score (nSPS) is 16.0. The largest absolute Gasteiger partial charge is 0.379 e. The predicted octanol–water partition coefficient (Wildman–Crippen LogP) is 1.91. The van der Waals surface area contributed by atoms with Gasteiger partial charge in [0.1, 0.15) is 5.69 Å². The van der Waals surface area contributed by atoms with E-state index in [0.29, 0.717) is 49.0 Å². The number of H-pyrrole nitrogens is 1. The number of guanidine groups is 1. The Morgan fingerprint density at radius 1 is 1.32 bits per heavy atom. The second-order valence-electron chi connectivity index (χ2n) is 8.13. The van der Waals surface area contributed by atoms with Crippen LogP contribution >= 0.6 is 0 Å². The summed E-state index contributed by atoms with van der Waals surface area (Å²) >= 11 is 0. The Morgan fingerprint density at radius 2 is 2.15 bits per heavy atom. The first-order chi connectivity index (χ1) is 16.4. The highest BCUT2D eigenvalue weighted by atomic mass is 16.6. The molecule has 1 unspecified atom stereocenters. The lowest BCUT2D eigenvalue weighted by molar-refractivity contribution is -0.384. The molecule has 1 aliphatic rings. The summed E-state index contributed by atoms with van der Waals surface area (Å²) in [5, 5.41) is 21.9. The molecule has 0 radical (unpaired) electrons. The average Bonchev–Trinajstić information content (AvgIpc) is 3.33. The number of aromatic nitrogens is 2. The number of imidazole rings is 1. The number of nitrogens with one attached hydrogen (secondary N) is 4. The van der Waals surface area contributed by atoms with Crippen LogP contribution in [-0.4, -0.2) is 52.1 Å². The summed E-state index contributed by atoms with van der Waals surface area (Å²) in [6, 6.07) is 4.97. The van der Waals surface area contributed by atoms with Crippen molar-refractivity contribution in [3.63, 3.8) is 0 Å². The molecule has 2 aromatic rings. The molecule has 12 nitrogen and oxygen atoms in total. The molecular weight excluding hydrogens is 438 g/mol. The molecule has 0 fully saturated rings. The number of hydrogen-bond donors (Lipinski definition) is 5. The number of benzene rings is 1. The van der Waals surface area contributed by atoms with Crippen LogP contribution in [0.3, 0.4) is 0 Å². The van der Waals surface area contributed by atoms with Gasteiger partial charge in [0.15, 0.2) is 5.96 Å². The third-order valence-electron chi connectivity index (χ3n) is 5.42. The van der Waals surface area contributed by atoms with E-state index in [4.69, 9.17) is 5.73 Å². The lowest BCUT2D eigenvalue weighted by atomic mass is 9.93. The first kappa shape index (κ1) is 24.7. The van der Waals surface area contributed by atoms with Crippen LogP contribution in [0.15, 0.2) is 40.8 Å². The van der Waals surface area contributed by atoms with E-state index in [1.807, 2.05) is 6.92 Å². The zero-order valence-corrected chi connectivity index (χ0v) is 19.2. The molecule has 1 amide bonds. The molecule has 1 aromatic carbocycles. The van der Waals surface area contributed by atoms with Crippen molar-refractivity contribution in [1.82, 2.24) is 20.7 Å². The molecule has 3 rings (SSSR count). The minimum Gasteiger partial charge on any atom is -0.379 e. The van der Waals surface area contributed by atoms with Crippen LogP contribution < -0.4 is 21.8 Å². The number of anilines is 1. The number of rotatable bonds is 12. The topological polar surface area (TPSA) is 176 Å². The standard InChI is InChI=1S/C22H31N9O3/c1-15-11-20(32)29-30-21(15)16-6-7-18(19(12-16)31(33)34)25-8-2-3-9-26-22(23)27-10-4-5-17-13-24-14-28-17/h6-7,12-15,25H,2-5,8-11H2,1H3,(H,24,28)(H,29,32)(H3,23,26,27). The van der Waals surface area contributed by atoms with Gasteiger partial charge in [0.25, 0.3) is 5.69 Å². The second-order valence-corrected chi connectivity index (χ2v) is 8.13. The van der Waals surface area contributed by atoms with Gasteiger partial charge >= 0.3 is 0 Å². The predicted molar refractivity (Wildman–Crippen MR) is 131 cm³/mol. The number of nitrogens with two attached hydrogens (primary N) is 1. The van der Waals surface area contributed by atoms with Crippen molar-refractivity contribution in [2.45, 2.75) is 39.0 Å². The average molecular weight is 470 g/mol. The Balaban J connectivity index is 1.39. The fourth-order valence-electron chi connectivity index (χ4n) is 3.63. The molecule has 34 heavy (non-hydrogen) atoms. The molecule has 1 aromatic heterocycles. The van der Waals surface area contributed by atoms with Crippen LogP contribution in [0.1, 0.15) is 43.9 Å². The summed E-state index contributed by atoms with van der Waals surface area (Å²) in [6.45, 7) is 3.76. The Hall–Kier alpha value is -3.96. The molecule has 1 atom stereocenters. The maximum absolute atomic E-state index is 11.6. The van der Waals surface area contributed by atoms with Gasteiger partial charge < -0.3 is 21.4 Å². The number of aryl methyl sites for hydroxylation is 1. The van der Waals surface area contributed by atoms with Crippen molar-refractivity contribution >= 4 is 29.0 Å². The lowest BCUT2D eigenvalue weighted by Gasteiger charge is -2.19. The first-order valence-electron chi connectivity index (χ1n) is 11.3. The van der Waals surface area contributed by atoms with E-state index in [0.717, 1.165) is 31.4 Å². The van der Waals surface area contributed by atoms with Crippen LogP contribution in [0, 0.1) is 16.0 Å². The maximum atomic E-state index is 11.6. The van der Waals surface area contributed by atoms with Gasteiger partial charge in [-0.1, -0.05) is 13.0 Å². The van der Waals surface area contributed by atoms with E-state index in [1.165, 1.54) is 6.07 Å². The van der Waals surface area contributed by atoms with E-state index >= 15 is 0 Å². The van der Waals surface area contributed by atoms with Crippen molar-refractivity contribution in [3.05, 3.63) is 52.1 Å². The number of amides is 1. The lowest BCUT2D eigenvalue weighted by Crippen LogP contribution is -2.32. The quantitative estimate of drug-likeness (QED) is 0.104. The Labute approximate surface area is 197 Å². The smallest absolute Gasteiger partial charge is 0.292 e. The molecule has 2 heterocycles. The van der Waals surface area contributed by atoms with Gasteiger partial charge in [0, 0.05) is 55.5 Å². The molecule has 12 heteroatoms. The van der Waals surface area contributed by atoms with E-state index < -0.39 is 4.92 Å². The van der Waals surface area contributed by atoms with E-state index in [-0.39, 0.29) is 17.5 Å². The fourth-order valence-corrected chi connectivity index (χ4v) is 3.63. The second kappa shape index (κ2) is 12.3. The van der Waals surface area contributed by atoms with E-state index in [2.05, 4.69) is 36.1 Å². The molecule has 182 valence electrons. The van der Waals surface area contributed by atoms with Crippen LogP contribution in [0.25, 0.3) is 0 Å². The molecule has 6 N–H and O–H groups in total. The summed E-state index contributed by atoms with van der Waals surface area (Å²) < 4.78 is 0. The molecule has 0 saturated carbocycles. The summed E-state index contributed by atoms with van der Waals surface area (Å²) in [5.41, 5.74) is 11.1. The number of nitrogens with zero attached hydrogens (tertiary/aromatic N) is 4. The number of nitro groups is 1. The van der Waals surface area contributed by atoms with Crippen molar-refractivity contribution < 1.29 is 9.72 Å². The highest BCUT2D eigenvalue weighted by Gasteiger charge is 2.24. The fraction of sp³-hybridized carbons (Fsp3) is 0.455. The Kier molecular flexibility index (Phi) is 8.95. The number of hydrogen-bond acceptors (Lipinski definition) is 7. The van der Waals surface area contributed by atoms with Crippen molar-refractivity contribution in [1.29, 1.82) is 0 Å². The molecule has 1 aliphatic heterocycles. The van der Waals surface area contributed by atoms with Crippen LogP contribution in [0.4, 0.5) is 11.4 Å². The van der Waals surface area contributed by atoms with Crippen molar-refractivity contribution in [2.75, 3.05) is 25.0 Å². The highest BCUT2D eigenvalue weighted by molar-refractivity contribution is 6.06. The number of aliphatic imine (C=N–C) groups is 1. The molecule has 0 spiro atoms. The number of unbranched alkanes of at least 4 members (excludes halogenated alkanes) is 1. The summed E-state index contributed by atoms with van der Waals surface area (Å²) in [5.74, 6) is 0.156. The molecule has 0 bridgehead atoms. The van der Waals surface area contributed by atoms with Gasteiger partial charge in [-0.3, -0.25) is 19.9 Å². The minimum absolute atomic E-state index is 0.0195. The third kappa shape index (κ3) is 7.29. The number of nitro benzene ring substituents is 1. The summed E-state index contributed by atoms with van der Waals surface area (Å²) in [7, 11) is 0. The first-order valence-corrected chi connectivity index (χ1v) is 11.3. The maximum Gasteiger partial charge on any atom is 0.292 e. The number of carbonyl (C=O) groups is 1. The monoisotopic (exact) mass is 469 g/mol. The highest BCUT2D eigenvalue weighted by Crippen LogP contribution is 2.28. The van der Waals surface area contributed by atoms with Crippen LogP contribution in [0.5, 0.6) is 0 Å². The van der Waals surface area contributed by atoms with Crippen LogP contribution in [0.2, 0.25) is 0 Å². The SMILES string of the molecule is CC1CC(=O)NN=C1c1ccc(NCCCCNC(N)=NCCCc2cnc[nH]2)c([N+](=O)[O-])c1. The van der Waals surface area contributed by atoms with Gasteiger partial charge in [-0.05, 0) is 31.7 Å². The molecular formula is C22H31N9O3. The van der Waals surface area contributed by atoms with Crippen molar-refractivity contribution in [2.24, 2.45) is 21.7 Å². The summed E-state index contributed by atoms with van der Waals surface area (Å²) in [4.78, 5) is 34.0. The molecule has 0 saturated heterocycles. The van der Waals surface area contributed by atoms with Gasteiger partial charge in [-0.25, -0.2) is 10.4 Å². The zero-order valence-electron chi connectivity index (χ0n) is 19.2. The van der Waals surface area contributed by atoms with E-state index in [9.17, 15) is 14.9 Å². The third-order valence-corrected chi connectivity index (χ3v) is 5.42. The molecule has 0 aliphatic carbocycles.